The lowest BCUT2D eigenvalue weighted by atomic mass is 10.2. The lowest BCUT2D eigenvalue weighted by molar-refractivity contribution is -0.113. The van der Waals surface area contributed by atoms with Crippen LogP contribution in [0.3, 0.4) is 0 Å². The average Bonchev–Trinajstić information content (AvgIpc) is 3.21. The molecule has 0 spiro atoms. The molecule has 2 aromatic heterocycles. The number of anilines is 1. The molecule has 9 heteroatoms. The summed E-state index contributed by atoms with van der Waals surface area (Å²) in [4.78, 5) is 30.0. The van der Waals surface area contributed by atoms with Crippen molar-refractivity contribution in [3.05, 3.63) is 86.2 Å². The van der Waals surface area contributed by atoms with Crippen LogP contribution in [0.5, 0.6) is 0 Å². The molecule has 31 heavy (non-hydrogen) atoms. The standard InChI is InChI=1S/C22H17ClFN3O2S2/c1-13-6-7-17(15(23)10-13)25-19(28)12-31-22-26-18-8-9-30-20(18)21(29)27(22)11-14-4-2-3-5-16(14)24/h2-10H,11-12H2,1H3,(H,25,28). The molecule has 0 bridgehead atoms. The number of thioether (sulfide) groups is 1. The fourth-order valence-electron chi connectivity index (χ4n) is 3.01. The van der Waals surface area contributed by atoms with Gasteiger partial charge in [0, 0.05) is 5.56 Å². The number of hydrogen-bond acceptors (Lipinski definition) is 5. The SMILES string of the molecule is Cc1ccc(NC(=O)CSc2nc3ccsc3c(=O)n2Cc2ccccc2F)c(Cl)c1. The number of hydrogen-bond donors (Lipinski definition) is 1. The van der Waals surface area contributed by atoms with Gasteiger partial charge in [-0.05, 0) is 42.1 Å². The van der Waals surface area contributed by atoms with Gasteiger partial charge in [-0.15, -0.1) is 11.3 Å². The summed E-state index contributed by atoms with van der Waals surface area (Å²) in [5.74, 6) is -0.667. The summed E-state index contributed by atoms with van der Waals surface area (Å²) in [5.41, 5.74) is 2.18. The van der Waals surface area contributed by atoms with Gasteiger partial charge >= 0.3 is 0 Å². The number of benzene rings is 2. The summed E-state index contributed by atoms with van der Waals surface area (Å²) in [6.45, 7) is 1.94. The summed E-state index contributed by atoms with van der Waals surface area (Å²) in [6, 6.07) is 13.4. The Bertz CT molecular complexity index is 1340. The highest BCUT2D eigenvalue weighted by molar-refractivity contribution is 7.99. The number of rotatable bonds is 6. The van der Waals surface area contributed by atoms with E-state index in [4.69, 9.17) is 11.6 Å². The smallest absolute Gasteiger partial charge is 0.272 e. The van der Waals surface area contributed by atoms with Gasteiger partial charge in [-0.25, -0.2) is 9.37 Å². The topological polar surface area (TPSA) is 64.0 Å². The summed E-state index contributed by atoms with van der Waals surface area (Å²) in [5, 5.41) is 5.36. The van der Waals surface area contributed by atoms with E-state index in [2.05, 4.69) is 10.3 Å². The summed E-state index contributed by atoms with van der Waals surface area (Å²) in [6.07, 6.45) is 0. The van der Waals surface area contributed by atoms with E-state index in [9.17, 15) is 14.0 Å². The van der Waals surface area contributed by atoms with Gasteiger partial charge < -0.3 is 5.32 Å². The maximum absolute atomic E-state index is 14.2. The zero-order valence-electron chi connectivity index (χ0n) is 16.4. The number of thiophene rings is 1. The third kappa shape index (κ3) is 4.81. The molecular weight excluding hydrogens is 457 g/mol. The van der Waals surface area contributed by atoms with Crippen molar-refractivity contribution >= 4 is 56.5 Å². The summed E-state index contributed by atoms with van der Waals surface area (Å²) < 4.78 is 16.1. The van der Waals surface area contributed by atoms with Crippen molar-refractivity contribution in [2.75, 3.05) is 11.1 Å². The van der Waals surface area contributed by atoms with E-state index in [0.29, 0.717) is 31.6 Å². The Hall–Kier alpha value is -2.68. The van der Waals surface area contributed by atoms with Gasteiger partial charge in [0.25, 0.3) is 5.56 Å². The molecule has 0 aliphatic rings. The van der Waals surface area contributed by atoms with Gasteiger partial charge in [-0.2, -0.15) is 0 Å². The molecule has 4 aromatic rings. The van der Waals surface area contributed by atoms with E-state index in [1.807, 2.05) is 13.0 Å². The lowest BCUT2D eigenvalue weighted by Crippen LogP contribution is -2.24. The van der Waals surface area contributed by atoms with Crippen LogP contribution < -0.4 is 10.9 Å². The third-order valence-electron chi connectivity index (χ3n) is 4.55. The first kappa shape index (κ1) is 21.5. The minimum absolute atomic E-state index is 0.0174. The molecule has 0 aliphatic carbocycles. The van der Waals surface area contributed by atoms with Gasteiger partial charge in [0.1, 0.15) is 10.5 Å². The van der Waals surface area contributed by atoms with Crippen LogP contribution in [0.1, 0.15) is 11.1 Å². The Balaban J connectivity index is 1.59. The van der Waals surface area contributed by atoms with E-state index in [1.165, 1.54) is 22.0 Å². The van der Waals surface area contributed by atoms with Gasteiger partial charge in [0.05, 0.1) is 28.5 Å². The quantitative estimate of drug-likeness (QED) is 0.303. The fourth-order valence-corrected chi connectivity index (χ4v) is 4.87. The molecule has 158 valence electrons. The molecule has 1 amide bonds. The number of nitrogens with one attached hydrogen (secondary N) is 1. The molecule has 0 saturated heterocycles. The molecule has 0 aliphatic heterocycles. The summed E-state index contributed by atoms with van der Waals surface area (Å²) in [7, 11) is 0. The summed E-state index contributed by atoms with van der Waals surface area (Å²) >= 11 is 8.59. The molecule has 2 aromatic carbocycles. The normalized spacial score (nSPS) is 11.1. The molecule has 0 atom stereocenters. The average molecular weight is 474 g/mol. The van der Waals surface area contributed by atoms with E-state index in [0.717, 1.165) is 17.3 Å². The number of carbonyl (C=O) groups excluding carboxylic acids is 1. The number of carbonyl (C=O) groups is 1. The van der Waals surface area contributed by atoms with Crippen LogP contribution in [0.15, 0.2) is 63.9 Å². The molecular formula is C22H17ClFN3O2S2. The van der Waals surface area contributed by atoms with Crippen molar-refractivity contribution in [3.63, 3.8) is 0 Å². The minimum atomic E-state index is -0.400. The predicted molar refractivity (Wildman–Crippen MR) is 125 cm³/mol. The van der Waals surface area contributed by atoms with Crippen LogP contribution in [0.4, 0.5) is 10.1 Å². The fraction of sp³-hybridized carbons (Fsp3) is 0.136. The van der Waals surface area contributed by atoms with Gasteiger partial charge in [0.2, 0.25) is 5.91 Å². The Morgan fingerprint density at radius 2 is 2.06 bits per heavy atom. The number of amides is 1. The highest BCUT2D eigenvalue weighted by Gasteiger charge is 2.16. The minimum Gasteiger partial charge on any atom is -0.324 e. The van der Waals surface area contributed by atoms with Crippen molar-refractivity contribution in [1.82, 2.24) is 9.55 Å². The van der Waals surface area contributed by atoms with Crippen molar-refractivity contribution in [3.8, 4) is 0 Å². The van der Waals surface area contributed by atoms with E-state index in [-0.39, 0.29) is 23.8 Å². The van der Waals surface area contributed by atoms with Crippen molar-refractivity contribution in [1.29, 1.82) is 0 Å². The number of aryl methyl sites for hydroxylation is 1. The van der Waals surface area contributed by atoms with E-state index in [1.54, 1.807) is 41.8 Å². The second-order valence-corrected chi connectivity index (χ2v) is 9.10. The first-order valence-corrected chi connectivity index (χ1v) is 11.6. The molecule has 5 nitrogen and oxygen atoms in total. The monoisotopic (exact) mass is 473 g/mol. The second-order valence-electron chi connectivity index (χ2n) is 6.83. The molecule has 0 saturated carbocycles. The van der Waals surface area contributed by atoms with Gasteiger partial charge in [-0.1, -0.05) is 47.6 Å². The molecule has 4 rings (SSSR count). The Kier molecular flexibility index (Phi) is 6.41. The Labute approximate surface area is 190 Å². The molecule has 0 fully saturated rings. The van der Waals surface area contributed by atoms with Crippen LogP contribution in [0, 0.1) is 12.7 Å². The number of halogens is 2. The highest BCUT2D eigenvalue weighted by atomic mass is 35.5. The maximum Gasteiger partial charge on any atom is 0.272 e. The first-order valence-electron chi connectivity index (χ1n) is 9.32. The molecule has 1 N–H and O–H groups in total. The predicted octanol–water partition coefficient (Wildman–Crippen LogP) is 5.34. The first-order chi connectivity index (χ1) is 14.9. The molecule has 2 heterocycles. The molecule has 0 radical (unpaired) electrons. The number of aromatic nitrogens is 2. The van der Waals surface area contributed by atoms with Crippen LogP contribution in [-0.2, 0) is 11.3 Å². The molecule has 0 unspecified atom stereocenters. The van der Waals surface area contributed by atoms with Crippen LogP contribution in [-0.4, -0.2) is 21.2 Å². The Morgan fingerprint density at radius 1 is 1.26 bits per heavy atom. The number of fused-ring (bicyclic) bond motifs is 1. The number of nitrogens with zero attached hydrogens (tertiary/aromatic N) is 2. The largest absolute Gasteiger partial charge is 0.324 e. The van der Waals surface area contributed by atoms with E-state index < -0.39 is 5.82 Å². The highest BCUT2D eigenvalue weighted by Crippen LogP contribution is 2.25. The van der Waals surface area contributed by atoms with Gasteiger partial charge in [-0.3, -0.25) is 14.2 Å². The maximum atomic E-state index is 14.2. The van der Waals surface area contributed by atoms with E-state index >= 15 is 0 Å². The van der Waals surface area contributed by atoms with Crippen LogP contribution in [0.2, 0.25) is 5.02 Å². The Morgan fingerprint density at radius 3 is 2.84 bits per heavy atom. The van der Waals surface area contributed by atoms with Crippen molar-refractivity contribution in [2.24, 2.45) is 0 Å². The zero-order valence-corrected chi connectivity index (χ0v) is 18.8. The zero-order chi connectivity index (χ0) is 22.0. The van der Waals surface area contributed by atoms with Crippen molar-refractivity contribution < 1.29 is 9.18 Å². The third-order valence-corrected chi connectivity index (χ3v) is 6.73. The van der Waals surface area contributed by atoms with Crippen molar-refractivity contribution in [2.45, 2.75) is 18.6 Å². The van der Waals surface area contributed by atoms with Crippen LogP contribution >= 0.6 is 34.7 Å². The van der Waals surface area contributed by atoms with Crippen LogP contribution in [0.25, 0.3) is 10.2 Å². The van der Waals surface area contributed by atoms with Gasteiger partial charge in [0.15, 0.2) is 5.16 Å². The second kappa shape index (κ2) is 9.21. The lowest BCUT2D eigenvalue weighted by Gasteiger charge is -2.13.